The molecule has 4 rings (SSSR count). The van der Waals surface area contributed by atoms with E-state index in [1.165, 1.54) is 11.3 Å². The Labute approximate surface area is 162 Å². The molecule has 26 heavy (non-hydrogen) atoms. The molecule has 5 nitrogen and oxygen atoms in total. The summed E-state index contributed by atoms with van der Waals surface area (Å²) in [5, 5.41) is 3.84. The number of pyridine rings is 2. The van der Waals surface area contributed by atoms with E-state index in [1.54, 1.807) is 24.7 Å². The first-order chi connectivity index (χ1) is 12.6. The molecule has 0 saturated carbocycles. The number of nitrogens with zero attached hydrogens (tertiary/aromatic N) is 3. The van der Waals surface area contributed by atoms with Gasteiger partial charge in [0.1, 0.15) is 15.4 Å². The summed E-state index contributed by atoms with van der Waals surface area (Å²) < 4.78 is 0.762. The molecule has 0 fully saturated rings. The van der Waals surface area contributed by atoms with Gasteiger partial charge in [-0.15, -0.1) is 0 Å². The van der Waals surface area contributed by atoms with Crippen LogP contribution in [0, 0.1) is 6.92 Å². The summed E-state index contributed by atoms with van der Waals surface area (Å²) in [6.07, 6.45) is 4.95. The number of amides is 1. The second kappa shape index (κ2) is 6.93. The van der Waals surface area contributed by atoms with E-state index in [2.05, 4.69) is 36.2 Å². The Morgan fingerprint density at radius 3 is 2.88 bits per heavy atom. The maximum atomic E-state index is 12.5. The summed E-state index contributed by atoms with van der Waals surface area (Å²) in [5.74, 6) is -0.204. The van der Waals surface area contributed by atoms with Crippen LogP contribution < -0.4 is 5.32 Å². The highest BCUT2D eigenvalue weighted by Gasteiger charge is 2.14. The molecule has 7 heteroatoms. The van der Waals surface area contributed by atoms with Crippen LogP contribution in [0.15, 0.2) is 59.5 Å². The van der Waals surface area contributed by atoms with Crippen molar-refractivity contribution in [2.45, 2.75) is 6.92 Å². The van der Waals surface area contributed by atoms with Gasteiger partial charge in [-0.1, -0.05) is 23.5 Å². The van der Waals surface area contributed by atoms with Crippen LogP contribution in [0.25, 0.3) is 20.9 Å². The molecular formula is C19H13BrN4OS. The second-order valence-corrected chi connectivity index (χ2v) is 7.56. The van der Waals surface area contributed by atoms with E-state index in [4.69, 9.17) is 0 Å². The smallest absolute Gasteiger partial charge is 0.257 e. The molecular weight excluding hydrogens is 412 g/mol. The molecule has 4 aromatic rings. The van der Waals surface area contributed by atoms with Crippen molar-refractivity contribution in [1.29, 1.82) is 0 Å². The average Bonchev–Trinajstić information content (AvgIpc) is 3.07. The van der Waals surface area contributed by atoms with Gasteiger partial charge in [-0.25, -0.2) is 9.97 Å². The molecule has 0 bridgehead atoms. The lowest BCUT2D eigenvalue weighted by atomic mass is 10.1. The standard InChI is InChI=1S/C19H13BrN4OS/c1-11-14(18-24-16-6-3-7-22-19(16)26-18)4-2-5-15(11)23-17(25)12-8-13(20)10-21-9-12/h2-10H,1H3,(H,23,25). The summed E-state index contributed by atoms with van der Waals surface area (Å²) in [7, 11) is 0. The first kappa shape index (κ1) is 16.8. The Morgan fingerprint density at radius 2 is 2.08 bits per heavy atom. The van der Waals surface area contributed by atoms with Crippen molar-refractivity contribution in [3.05, 3.63) is 70.6 Å². The molecule has 1 amide bonds. The molecule has 0 saturated heterocycles. The van der Waals surface area contributed by atoms with E-state index in [9.17, 15) is 4.79 Å². The minimum Gasteiger partial charge on any atom is -0.322 e. The highest BCUT2D eigenvalue weighted by atomic mass is 79.9. The van der Waals surface area contributed by atoms with Crippen LogP contribution in [0.4, 0.5) is 5.69 Å². The van der Waals surface area contributed by atoms with Crippen LogP contribution in [0.3, 0.4) is 0 Å². The highest BCUT2D eigenvalue weighted by Crippen LogP contribution is 2.33. The van der Waals surface area contributed by atoms with Gasteiger partial charge in [-0.05, 0) is 52.7 Å². The van der Waals surface area contributed by atoms with E-state index in [-0.39, 0.29) is 5.91 Å². The minimum atomic E-state index is -0.204. The van der Waals surface area contributed by atoms with Crippen molar-refractivity contribution >= 4 is 49.2 Å². The Morgan fingerprint density at radius 1 is 1.19 bits per heavy atom. The fraction of sp³-hybridized carbons (Fsp3) is 0.0526. The van der Waals surface area contributed by atoms with Crippen molar-refractivity contribution in [2.24, 2.45) is 0 Å². The number of halogens is 1. The van der Waals surface area contributed by atoms with E-state index in [0.29, 0.717) is 5.56 Å². The molecule has 0 aliphatic rings. The number of thiazole rings is 1. The number of nitrogens with one attached hydrogen (secondary N) is 1. The number of carbonyl (C=O) groups is 1. The molecule has 0 unspecified atom stereocenters. The molecule has 0 atom stereocenters. The van der Waals surface area contributed by atoms with Crippen LogP contribution in [0.5, 0.6) is 0 Å². The summed E-state index contributed by atoms with van der Waals surface area (Å²) in [6.45, 7) is 1.98. The van der Waals surface area contributed by atoms with Gasteiger partial charge in [-0.3, -0.25) is 9.78 Å². The lowest BCUT2D eigenvalue weighted by Crippen LogP contribution is -2.13. The highest BCUT2D eigenvalue weighted by molar-refractivity contribution is 9.10. The molecule has 1 aromatic carbocycles. The largest absolute Gasteiger partial charge is 0.322 e. The van der Waals surface area contributed by atoms with Gasteiger partial charge in [0.25, 0.3) is 5.91 Å². The van der Waals surface area contributed by atoms with Gasteiger partial charge >= 0.3 is 0 Å². The average molecular weight is 425 g/mol. The second-order valence-electron chi connectivity index (χ2n) is 5.67. The van der Waals surface area contributed by atoms with Crippen molar-refractivity contribution in [3.63, 3.8) is 0 Å². The number of fused-ring (bicyclic) bond motifs is 1. The lowest BCUT2D eigenvalue weighted by Gasteiger charge is -2.11. The summed E-state index contributed by atoms with van der Waals surface area (Å²) in [6, 6.07) is 11.4. The van der Waals surface area contributed by atoms with Crippen molar-refractivity contribution in [1.82, 2.24) is 15.0 Å². The normalized spacial score (nSPS) is 10.8. The van der Waals surface area contributed by atoms with Crippen LogP contribution in [0.1, 0.15) is 15.9 Å². The molecule has 128 valence electrons. The fourth-order valence-electron chi connectivity index (χ4n) is 2.62. The first-order valence-corrected chi connectivity index (χ1v) is 9.46. The van der Waals surface area contributed by atoms with Crippen LogP contribution in [0.2, 0.25) is 0 Å². The van der Waals surface area contributed by atoms with Gasteiger partial charge in [0.05, 0.1) is 5.56 Å². The molecule has 0 aliphatic carbocycles. The molecule has 1 N–H and O–H groups in total. The lowest BCUT2D eigenvalue weighted by molar-refractivity contribution is 0.102. The third-order valence-electron chi connectivity index (χ3n) is 3.95. The Balaban J connectivity index is 1.68. The van der Waals surface area contributed by atoms with E-state index < -0.39 is 0 Å². The maximum absolute atomic E-state index is 12.5. The van der Waals surface area contributed by atoms with Crippen LogP contribution in [-0.2, 0) is 0 Å². The van der Waals surface area contributed by atoms with Gasteiger partial charge in [0.2, 0.25) is 0 Å². The van der Waals surface area contributed by atoms with Crippen molar-refractivity contribution < 1.29 is 4.79 Å². The van der Waals surface area contributed by atoms with Gasteiger partial charge in [0.15, 0.2) is 0 Å². The van der Waals surface area contributed by atoms with E-state index in [1.807, 2.05) is 37.3 Å². The van der Waals surface area contributed by atoms with Gasteiger partial charge < -0.3 is 5.32 Å². The Bertz CT molecular complexity index is 1090. The zero-order valence-electron chi connectivity index (χ0n) is 13.7. The molecule has 0 spiro atoms. The number of hydrogen-bond donors (Lipinski definition) is 1. The zero-order chi connectivity index (χ0) is 18.1. The molecule has 3 heterocycles. The molecule has 3 aromatic heterocycles. The Kier molecular flexibility index (Phi) is 4.48. The number of benzene rings is 1. The Hall–Kier alpha value is -2.64. The van der Waals surface area contributed by atoms with E-state index in [0.717, 1.165) is 36.6 Å². The zero-order valence-corrected chi connectivity index (χ0v) is 16.1. The molecule has 0 aliphatic heterocycles. The van der Waals surface area contributed by atoms with Crippen LogP contribution in [-0.4, -0.2) is 20.9 Å². The van der Waals surface area contributed by atoms with Crippen molar-refractivity contribution in [2.75, 3.05) is 5.32 Å². The van der Waals surface area contributed by atoms with Gasteiger partial charge in [-0.2, -0.15) is 0 Å². The number of carbonyl (C=O) groups excluding carboxylic acids is 1. The topological polar surface area (TPSA) is 67.8 Å². The van der Waals surface area contributed by atoms with E-state index >= 15 is 0 Å². The third-order valence-corrected chi connectivity index (χ3v) is 5.39. The fourth-order valence-corrected chi connectivity index (χ4v) is 3.97. The number of aromatic nitrogens is 3. The third kappa shape index (κ3) is 3.23. The summed E-state index contributed by atoms with van der Waals surface area (Å²) in [4.78, 5) is 26.5. The summed E-state index contributed by atoms with van der Waals surface area (Å²) in [5.41, 5.74) is 4.07. The monoisotopic (exact) mass is 424 g/mol. The summed E-state index contributed by atoms with van der Waals surface area (Å²) >= 11 is 4.87. The maximum Gasteiger partial charge on any atom is 0.257 e. The predicted molar refractivity (Wildman–Crippen MR) is 107 cm³/mol. The van der Waals surface area contributed by atoms with Crippen LogP contribution >= 0.6 is 27.3 Å². The SMILES string of the molecule is Cc1c(NC(=O)c2cncc(Br)c2)cccc1-c1nc2cccnc2s1. The minimum absolute atomic E-state index is 0.204. The van der Waals surface area contributed by atoms with Gasteiger partial charge in [0, 0.05) is 34.3 Å². The number of hydrogen-bond acceptors (Lipinski definition) is 5. The quantitative estimate of drug-likeness (QED) is 0.497. The first-order valence-electron chi connectivity index (χ1n) is 7.85. The number of rotatable bonds is 3. The van der Waals surface area contributed by atoms with Crippen molar-refractivity contribution in [3.8, 4) is 10.6 Å². The molecule has 0 radical (unpaired) electrons. The predicted octanol–water partition coefficient (Wildman–Crippen LogP) is 5.08. The number of anilines is 1.